The standard InChI is InChI=1S/C22H24ClN5O3/c1-13-9-25-22(26-17-5-6-31-12-17)28-20(13)15-8-18(24-10-15)21(30)27-19(11-29)14-3-2-4-16(23)7-14/h2-4,7-10,17,19,24,29H,5-6,11-12H2,1H3,(H,27,30)(H,25,26,28)/t17-,19+/m0/s1. The number of aliphatic hydroxyl groups excluding tert-OH is 1. The van der Waals surface area contributed by atoms with E-state index in [-0.39, 0.29) is 18.6 Å². The average molecular weight is 442 g/mol. The lowest BCUT2D eigenvalue weighted by Crippen LogP contribution is -2.31. The van der Waals surface area contributed by atoms with E-state index < -0.39 is 6.04 Å². The van der Waals surface area contributed by atoms with Crippen molar-refractivity contribution in [1.82, 2.24) is 20.3 Å². The van der Waals surface area contributed by atoms with Crippen LogP contribution in [0.1, 0.15) is 34.1 Å². The van der Waals surface area contributed by atoms with Crippen molar-refractivity contribution >= 4 is 23.5 Å². The molecule has 3 aromatic rings. The summed E-state index contributed by atoms with van der Waals surface area (Å²) in [6, 6.07) is 8.41. The normalized spacial score (nSPS) is 16.8. The lowest BCUT2D eigenvalue weighted by atomic mass is 10.1. The summed E-state index contributed by atoms with van der Waals surface area (Å²) in [4.78, 5) is 24.7. The average Bonchev–Trinajstić information content (AvgIpc) is 3.45. The highest BCUT2D eigenvalue weighted by Gasteiger charge is 2.19. The molecule has 1 aliphatic rings. The second-order valence-corrected chi connectivity index (χ2v) is 7.93. The number of aromatic nitrogens is 3. The fourth-order valence-corrected chi connectivity index (χ4v) is 3.69. The maximum Gasteiger partial charge on any atom is 0.268 e. The summed E-state index contributed by atoms with van der Waals surface area (Å²) in [5.41, 5.74) is 3.51. The number of H-pyrrole nitrogens is 1. The molecule has 2 aromatic heterocycles. The van der Waals surface area contributed by atoms with Crippen LogP contribution in [0.25, 0.3) is 11.3 Å². The van der Waals surface area contributed by atoms with Crippen LogP contribution in [0.5, 0.6) is 0 Å². The number of aryl methyl sites for hydroxylation is 1. The van der Waals surface area contributed by atoms with Crippen LogP contribution in [0.3, 0.4) is 0 Å². The zero-order chi connectivity index (χ0) is 21.8. The zero-order valence-corrected chi connectivity index (χ0v) is 17.8. The Morgan fingerprint density at radius 3 is 3.03 bits per heavy atom. The Hall–Kier alpha value is -2.94. The molecule has 9 heteroatoms. The van der Waals surface area contributed by atoms with E-state index >= 15 is 0 Å². The van der Waals surface area contributed by atoms with E-state index in [0.29, 0.717) is 23.3 Å². The van der Waals surface area contributed by atoms with Crippen molar-refractivity contribution in [1.29, 1.82) is 0 Å². The van der Waals surface area contributed by atoms with Gasteiger partial charge in [0.2, 0.25) is 5.95 Å². The molecule has 1 amide bonds. The fourth-order valence-electron chi connectivity index (χ4n) is 3.49. The summed E-state index contributed by atoms with van der Waals surface area (Å²) in [6.45, 7) is 3.05. The first kappa shape index (κ1) is 21.3. The Morgan fingerprint density at radius 2 is 2.29 bits per heavy atom. The monoisotopic (exact) mass is 441 g/mol. The molecule has 0 saturated carbocycles. The third kappa shape index (κ3) is 5.04. The van der Waals surface area contributed by atoms with Crippen molar-refractivity contribution in [2.24, 2.45) is 0 Å². The number of aliphatic hydroxyl groups is 1. The third-order valence-electron chi connectivity index (χ3n) is 5.17. The summed E-state index contributed by atoms with van der Waals surface area (Å²) < 4.78 is 5.38. The minimum atomic E-state index is -0.567. The molecule has 0 unspecified atom stereocenters. The van der Waals surface area contributed by atoms with Crippen LogP contribution in [-0.2, 0) is 4.74 Å². The molecule has 1 saturated heterocycles. The fraction of sp³-hybridized carbons (Fsp3) is 0.318. The van der Waals surface area contributed by atoms with Gasteiger partial charge in [0.05, 0.1) is 31.0 Å². The molecule has 1 aromatic carbocycles. The van der Waals surface area contributed by atoms with Crippen molar-refractivity contribution in [3.05, 3.63) is 64.6 Å². The maximum absolute atomic E-state index is 12.8. The van der Waals surface area contributed by atoms with Gasteiger partial charge in [-0.15, -0.1) is 0 Å². The van der Waals surface area contributed by atoms with Crippen molar-refractivity contribution < 1.29 is 14.6 Å². The SMILES string of the molecule is Cc1cnc(N[C@H]2CCOC2)nc1-c1c[nH]c(C(=O)N[C@H](CO)c2cccc(Cl)c2)c1. The molecule has 162 valence electrons. The third-order valence-corrected chi connectivity index (χ3v) is 5.41. The highest BCUT2D eigenvalue weighted by Crippen LogP contribution is 2.24. The summed E-state index contributed by atoms with van der Waals surface area (Å²) in [7, 11) is 0. The minimum absolute atomic E-state index is 0.199. The van der Waals surface area contributed by atoms with Gasteiger partial charge in [-0.1, -0.05) is 23.7 Å². The number of aromatic amines is 1. The number of nitrogens with zero attached hydrogens (tertiary/aromatic N) is 2. The molecule has 4 N–H and O–H groups in total. The van der Waals surface area contributed by atoms with Gasteiger partial charge in [-0.3, -0.25) is 4.79 Å². The van der Waals surface area contributed by atoms with Crippen LogP contribution >= 0.6 is 11.6 Å². The van der Waals surface area contributed by atoms with E-state index in [1.807, 2.05) is 6.92 Å². The Balaban J connectivity index is 1.50. The van der Waals surface area contributed by atoms with E-state index in [4.69, 9.17) is 16.3 Å². The van der Waals surface area contributed by atoms with Crippen molar-refractivity contribution in [2.45, 2.75) is 25.4 Å². The van der Waals surface area contributed by atoms with E-state index in [1.165, 1.54) is 0 Å². The highest BCUT2D eigenvalue weighted by molar-refractivity contribution is 6.30. The van der Waals surface area contributed by atoms with Gasteiger partial charge >= 0.3 is 0 Å². The molecule has 0 spiro atoms. The number of anilines is 1. The molecule has 3 heterocycles. The number of hydrogen-bond acceptors (Lipinski definition) is 6. The smallest absolute Gasteiger partial charge is 0.268 e. The summed E-state index contributed by atoms with van der Waals surface area (Å²) in [6.07, 6.45) is 4.41. The number of benzene rings is 1. The van der Waals surface area contributed by atoms with Crippen LogP contribution in [0, 0.1) is 6.92 Å². The Morgan fingerprint density at radius 1 is 1.42 bits per heavy atom. The predicted octanol–water partition coefficient (Wildman–Crippen LogP) is 3.10. The number of hydrogen-bond donors (Lipinski definition) is 4. The van der Waals surface area contributed by atoms with Gasteiger partial charge in [0.1, 0.15) is 5.69 Å². The van der Waals surface area contributed by atoms with Gasteiger partial charge in [-0.25, -0.2) is 9.97 Å². The summed E-state index contributed by atoms with van der Waals surface area (Å²) in [5, 5.41) is 16.4. The molecular formula is C22H24ClN5O3. The molecular weight excluding hydrogens is 418 g/mol. The lowest BCUT2D eigenvalue weighted by molar-refractivity contribution is 0.0911. The first-order valence-electron chi connectivity index (χ1n) is 10.1. The van der Waals surface area contributed by atoms with Gasteiger partial charge in [-0.2, -0.15) is 0 Å². The summed E-state index contributed by atoms with van der Waals surface area (Å²) in [5.74, 6) is 0.197. The van der Waals surface area contributed by atoms with Crippen LogP contribution < -0.4 is 10.6 Å². The number of ether oxygens (including phenoxy) is 1. The molecule has 2 atom stereocenters. The Bertz CT molecular complexity index is 1060. The number of halogens is 1. The number of carbonyl (C=O) groups is 1. The van der Waals surface area contributed by atoms with Crippen LogP contribution in [0.4, 0.5) is 5.95 Å². The molecule has 0 radical (unpaired) electrons. The van der Waals surface area contributed by atoms with E-state index in [2.05, 4.69) is 25.6 Å². The van der Waals surface area contributed by atoms with Gasteiger partial charge in [0.25, 0.3) is 5.91 Å². The minimum Gasteiger partial charge on any atom is -0.394 e. The molecule has 1 fully saturated rings. The lowest BCUT2D eigenvalue weighted by Gasteiger charge is -2.16. The maximum atomic E-state index is 12.8. The van der Waals surface area contributed by atoms with Crippen molar-refractivity contribution in [2.75, 3.05) is 25.1 Å². The molecule has 0 aliphatic carbocycles. The Kier molecular flexibility index (Phi) is 6.50. The van der Waals surface area contributed by atoms with Gasteiger partial charge < -0.3 is 25.5 Å². The van der Waals surface area contributed by atoms with Crippen molar-refractivity contribution in [3.63, 3.8) is 0 Å². The summed E-state index contributed by atoms with van der Waals surface area (Å²) >= 11 is 6.03. The molecule has 31 heavy (non-hydrogen) atoms. The van der Waals surface area contributed by atoms with E-state index in [1.54, 1.807) is 42.7 Å². The van der Waals surface area contributed by atoms with E-state index in [9.17, 15) is 9.90 Å². The van der Waals surface area contributed by atoms with Gasteiger partial charge in [-0.05, 0) is 42.7 Å². The zero-order valence-electron chi connectivity index (χ0n) is 17.1. The molecule has 0 bridgehead atoms. The number of rotatable bonds is 7. The molecule has 8 nitrogen and oxygen atoms in total. The highest BCUT2D eigenvalue weighted by atomic mass is 35.5. The quantitative estimate of drug-likeness (QED) is 0.448. The molecule has 1 aliphatic heterocycles. The van der Waals surface area contributed by atoms with Gasteiger partial charge in [0, 0.05) is 29.6 Å². The largest absolute Gasteiger partial charge is 0.394 e. The number of nitrogens with one attached hydrogen (secondary N) is 3. The van der Waals surface area contributed by atoms with Crippen LogP contribution in [0.15, 0.2) is 42.7 Å². The van der Waals surface area contributed by atoms with Gasteiger partial charge in [0.15, 0.2) is 0 Å². The van der Waals surface area contributed by atoms with Crippen LogP contribution in [0.2, 0.25) is 5.02 Å². The number of amides is 1. The first-order valence-corrected chi connectivity index (χ1v) is 10.4. The predicted molar refractivity (Wildman–Crippen MR) is 118 cm³/mol. The van der Waals surface area contributed by atoms with Crippen molar-refractivity contribution in [3.8, 4) is 11.3 Å². The Labute approximate surface area is 185 Å². The molecule has 4 rings (SSSR count). The second-order valence-electron chi connectivity index (χ2n) is 7.50. The first-order chi connectivity index (χ1) is 15.0. The van der Waals surface area contributed by atoms with Crippen LogP contribution in [-0.4, -0.2) is 51.8 Å². The number of carbonyl (C=O) groups excluding carboxylic acids is 1. The topological polar surface area (TPSA) is 112 Å². The second kappa shape index (κ2) is 9.47. The van der Waals surface area contributed by atoms with E-state index in [0.717, 1.165) is 35.4 Å².